The zero-order valence-electron chi connectivity index (χ0n) is 12.9. The molecule has 2 aromatic rings. The van der Waals surface area contributed by atoms with Gasteiger partial charge in [-0.15, -0.1) is 0 Å². The molecular weight excluding hydrogens is 266 g/mol. The van der Waals surface area contributed by atoms with E-state index >= 15 is 0 Å². The van der Waals surface area contributed by atoms with Crippen LogP contribution in [-0.2, 0) is 17.8 Å². The molecule has 2 heterocycles. The van der Waals surface area contributed by atoms with Crippen molar-refractivity contribution in [3.8, 4) is 0 Å². The van der Waals surface area contributed by atoms with E-state index in [0.29, 0.717) is 25.3 Å². The zero-order valence-corrected chi connectivity index (χ0v) is 12.9. The lowest BCUT2D eigenvalue weighted by Gasteiger charge is -2.14. The Bertz CT molecular complexity index is 572. The molecule has 0 saturated carbocycles. The zero-order chi connectivity index (χ0) is 15.2. The van der Waals surface area contributed by atoms with Gasteiger partial charge in [-0.2, -0.15) is 5.10 Å². The Morgan fingerprint density at radius 2 is 2.29 bits per heavy atom. The number of aromatic nitrogens is 2. The summed E-state index contributed by atoms with van der Waals surface area (Å²) in [5.41, 5.74) is 2.19. The van der Waals surface area contributed by atoms with Gasteiger partial charge in [0.25, 0.3) is 0 Å². The van der Waals surface area contributed by atoms with Crippen LogP contribution in [0.2, 0.25) is 0 Å². The van der Waals surface area contributed by atoms with Gasteiger partial charge >= 0.3 is 0 Å². The van der Waals surface area contributed by atoms with Crippen LogP contribution < -0.4 is 5.32 Å². The SMILES string of the molecule is Cc1cc(C)n(C[C@H](C)CNC(=O)CCc2ccco2)n1. The molecular formula is C16H23N3O2. The van der Waals surface area contributed by atoms with Crippen LogP contribution in [0, 0.1) is 19.8 Å². The first-order chi connectivity index (χ1) is 10.0. The van der Waals surface area contributed by atoms with Crippen molar-refractivity contribution < 1.29 is 9.21 Å². The molecule has 5 nitrogen and oxygen atoms in total. The van der Waals surface area contributed by atoms with E-state index in [9.17, 15) is 4.79 Å². The van der Waals surface area contributed by atoms with Crippen molar-refractivity contribution in [1.29, 1.82) is 0 Å². The number of rotatable bonds is 7. The van der Waals surface area contributed by atoms with Crippen molar-refractivity contribution >= 4 is 5.91 Å². The van der Waals surface area contributed by atoms with Gasteiger partial charge < -0.3 is 9.73 Å². The van der Waals surface area contributed by atoms with Gasteiger partial charge in [-0.3, -0.25) is 9.48 Å². The molecule has 0 aliphatic carbocycles. The van der Waals surface area contributed by atoms with Crippen molar-refractivity contribution in [3.05, 3.63) is 41.6 Å². The van der Waals surface area contributed by atoms with Crippen LogP contribution in [0.25, 0.3) is 0 Å². The Labute approximate surface area is 125 Å². The predicted molar refractivity (Wildman–Crippen MR) is 80.9 cm³/mol. The van der Waals surface area contributed by atoms with Crippen molar-refractivity contribution in [1.82, 2.24) is 15.1 Å². The van der Waals surface area contributed by atoms with Crippen LogP contribution in [0.15, 0.2) is 28.9 Å². The highest BCUT2D eigenvalue weighted by molar-refractivity contribution is 5.76. The third-order valence-electron chi connectivity index (χ3n) is 3.41. The fourth-order valence-corrected chi connectivity index (χ4v) is 2.29. The Hall–Kier alpha value is -2.04. The minimum atomic E-state index is 0.0617. The summed E-state index contributed by atoms with van der Waals surface area (Å²) in [6.07, 6.45) is 2.73. The number of nitrogens with one attached hydrogen (secondary N) is 1. The van der Waals surface area contributed by atoms with E-state index in [2.05, 4.69) is 30.3 Å². The number of nitrogens with zero attached hydrogens (tertiary/aromatic N) is 2. The molecule has 2 aromatic heterocycles. The Kier molecular flexibility index (Phi) is 5.20. The molecule has 0 bridgehead atoms. The second-order valence-corrected chi connectivity index (χ2v) is 5.60. The molecule has 2 rings (SSSR count). The highest BCUT2D eigenvalue weighted by Gasteiger charge is 2.09. The average molecular weight is 289 g/mol. The van der Waals surface area contributed by atoms with Crippen molar-refractivity contribution in [2.75, 3.05) is 6.54 Å². The summed E-state index contributed by atoms with van der Waals surface area (Å²) in [5.74, 6) is 1.25. The van der Waals surface area contributed by atoms with Crippen LogP contribution in [-0.4, -0.2) is 22.2 Å². The standard InChI is InChI=1S/C16H23N3O2/c1-12(11-19-14(3)9-13(2)18-19)10-17-16(20)7-6-15-5-4-8-21-15/h4-5,8-9,12H,6-7,10-11H2,1-3H3,(H,17,20)/t12-/m1/s1. The van der Waals surface area contributed by atoms with Gasteiger partial charge in [0.1, 0.15) is 5.76 Å². The fraction of sp³-hybridized carbons (Fsp3) is 0.500. The lowest BCUT2D eigenvalue weighted by Crippen LogP contribution is -2.30. The van der Waals surface area contributed by atoms with Gasteiger partial charge in [-0.1, -0.05) is 6.92 Å². The van der Waals surface area contributed by atoms with Crippen LogP contribution in [0.3, 0.4) is 0 Å². The molecule has 0 radical (unpaired) electrons. The second kappa shape index (κ2) is 7.11. The Morgan fingerprint density at radius 3 is 2.90 bits per heavy atom. The van der Waals surface area contributed by atoms with Crippen molar-refractivity contribution in [2.24, 2.45) is 5.92 Å². The van der Waals surface area contributed by atoms with E-state index in [1.165, 1.54) is 0 Å². The highest BCUT2D eigenvalue weighted by Crippen LogP contribution is 2.06. The smallest absolute Gasteiger partial charge is 0.220 e. The molecule has 21 heavy (non-hydrogen) atoms. The summed E-state index contributed by atoms with van der Waals surface area (Å²) in [6, 6.07) is 5.79. The molecule has 1 atom stereocenters. The third kappa shape index (κ3) is 4.77. The number of carbonyl (C=O) groups excluding carboxylic acids is 1. The van der Waals surface area contributed by atoms with Crippen LogP contribution in [0.1, 0.15) is 30.5 Å². The molecule has 114 valence electrons. The minimum absolute atomic E-state index is 0.0617. The van der Waals surface area contributed by atoms with E-state index in [0.717, 1.165) is 23.7 Å². The highest BCUT2D eigenvalue weighted by atomic mass is 16.3. The quantitative estimate of drug-likeness (QED) is 0.852. The second-order valence-electron chi connectivity index (χ2n) is 5.60. The maximum Gasteiger partial charge on any atom is 0.220 e. The third-order valence-corrected chi connectivity index (χ3v) is 3.41. The summed E-state index contributed by atoms with van der Waals surface area (Å²) >= 11 is 0. The van der Waals surface area contributed by atoms with E-state index < -0.39 is 0 Å². The molecule has 0 aliphatic heterocycles. The first kappa shape index (κ1) is 15.4. The molecule has 1 amide bonds. The van der Waals surface area contributed by atoms with Crippen LogP contribution >= 0.6 is 0 Å². The molecule has 0 spiro atoms. The van der Waals surface area contributed by atoms with E-state index in [4.69, 9.17) is 4.42 Å². The van der Waals surface area contributed by atoms with Crippen LogP contribution in [0.5, 0.6) is 0 Å². The predicted octanol–water partition coefficient (Wildman–Crippen LogP) is 2.48. The van der Waals surface area contributed by atoms with Gasteiger partial charge in [-0.05, 0) is 38.0 Å². The first-order valence-corrected chi connectivity index (χ1v) is 7.34. The van der Waals surface area contributed by atoms with Gasteiger partial charge in [0.2, 0.25) is 5.91 Å². The summed E-state index contributed by atoms with van der Waals surface area (Å²) in [4.78, 5) is 11.8. The molecule has 0 fully saturated rings. The fourth-order valence-electron chi connectivity index (χ4n) is 2.29. The molecule has 1 N–H and O–H groups in total. The molecule has 0 saturated heterocycles. The Balaban J connectivity index is 1.69. The van der Waals surface area contributed by atoms with Gasteiger partial charge in [0.15, 0.2) is 0 Å². The monoisotopic (exact) mass is 289 g/mol. The minimum Gasteiger partial charge on any atom is -0.469 e. The van der Waals surface area contributed by atoms with Crippen molar-refractivity contribution in [3.63, 3.8) is 0 Å². The van der Waals surface area contributed by atoms with E-state index in [1.807, 2.05) is 23.7 Å². The van der Waals surface area contributed by atoms with E-state index in [1.54, 1.807) is 6.26 Å². The van der Waals surface area contributed by atoms with Crippen LogP contribution in [0.4, 0.5) is 0 Å². The number of amides is 1. The van der Waals surface area contributed by atoms with Gasteiger partial charge in [0, 0.05) is 31.6 Å². The first-order valence-electron chi connectivity index (χ1n) is 7.34. The number of aryl methyl sites for hydroxylation is 3. The lowest BCUT2D eigenvalue weighted by atomic mass is 10.1. The molecule has 5 heteroatoms. The van der Waals surface area contributed by atoms with E-state index in [-0.39, 0.29) is 5.91 Å². The maximum atomic E-state index is 11.8. The number of hydrogen-bond donors (Lipinski definition) is 1. The van der Waals surface area contributed by atoms with Crippen molar-refractivity contribution in [2.45, 2.75) is 40.2 Å². The molecule has 0 aromatic carbocycles. The summed E-state index contributed by atoms with van der Waals surface area (Å²) in [7, 11) is 0. The average Bonchev–Trinajstić information content (AvgIpc) is 3.04. The molecule has 0 aliphatic rings. The largest absolute Gasteiger partial charge is 0.469 e. The number of furan rings is 1. The van der Waals surface area contributed by atoms with Gasteiger partial charge in [0.05, 0.1) is 12.0 Å². The Morgan fingerprint density at radius 1 is 1.48 bits per heavy atom. The topological polar surface area (TPSA) is 60.1 Å². The number of carbonyl (C=O) groups is 1. The maximum absolute atomic E-state index is 11.8. The van der Waals surface area contributed by atoms with Gasteiger partial charge in [-0.25, -0.2) is 0 Å². The summed E-state index contributed by atoms with van der Waals surface area (Å²) in [5, 5.41) is 7.41. The summed E-state index contributed by atoms with van der Waals surface area (Å²) in [6.45, 7) is 7.63. The number of hydrogen-bond acceptors (Lipinski definition) is 3. The lowest BCUT2D eigenvalue weighted by molar-refractivity contribution is -0.121. The molecule has 0 unspecified atom stereocenters. The summed E-state index contributed by atoms with van der Waals surface area (Å²) < 4.78 is 7.21. The normalized spacial score (nSPS) is 12.3.